The molecule has 1 aromatic carbocycles. The first-order valence-electron chi connectivity index (χ1n) is 13.4. The third-order valence-electron chi connectivity index (χ3n) is 7.54. The third-order valence-corrected chi connectivity index (χ3v) is 7.54. The van der Waals surface area contributed by atoms with Crippen LogP contribution in [0.2, 0.25) is 0 Å². The molecule has 0 spiro atoms. The van der Waals surface area contributed by atoms with Crippen molar-refractivity contribution in [2.24, 2.45) is 15.0 Å². The van der Waals surface area contributed by atoms with Crippen molar-refractivity contribution in [1.29, 1.82) is 0 Å². The fourth-order valence-corrected chi connectivity index (χ4v) is 5.83. The van der Waals surface area contributed by atoms with E-state index in [0.29, 0.717) is 0 Å². The van der Waals surface area contributed by atoms with Crippen LogP contribution in [0.15, 0.2) is 111 Å². The van der Waals surface area contributed by atoms with E-state index in [2.05, 4.69) is 91.7 Å². The Balaban J connectivity index is 1.55. The maximum atomic E-state index is 5.38. The van der Waals surface area contributed by atoms with E-state index in [1.165, 1.54) is 5.69 Å². The van der Waals surface area contributed by atoms with Crippen molar-refractivity contribution in [3.63, 3.8) is 0 Å². The smallest absolute Gasteiger partial charge is 0.118 e. The number of methoxy groups -OCH3 is 1. The zero-order valence-corrected chi connectivity index (χ0v) is 22.2. The quantitative estimate of drug-likeness (QED) is 0.437. The van der Waals surface area contributed by atoms with E-state index in [9.17, 15) is 0 Å². The van der Waals surface area contributed by atoms with Crippen molar-refractivity contribution in [1.82, 2.24) is 4.98 Å². The minimum absolute atomic E-state index is 0.150. The summed E-state index contributed by atoms with van der Waals surface area (Å²) in [6, 6.07) is 12.5. The van der Waals surface area contributed by atoms with Gasteiger partial charge in [-0.3, -0.25) is 4.99 Å². The molecule has 8 bridgehead atoms. The number of hydrogen-bond donors (Lipinski definition) is 1. The molecule has 190 valence electrons. The van der Waals surface area contributed by atoms with Gasteiger partial charge in [0.05, 0.1) is 46.8 Å². The molecule has 1 N–H and O–H groups in total. The number of hydrogen-bond acceptors (Lipinski definition) is 4. The van der Waals surface area contributed by atoms with E-state index in [1.807, 2.05) is 12.1 Å². The molecule has 0 unspecified atom stereocenters. The standard InChI is InChI=1S/C33H32N4O/c1-4-18-33(19-5-2)30-16-10-25(36-30)20-23-8-14-28(34-23)32(22-6-12-27(38-3)13-7-22)29-15-9-24(35-29)21-26-11-17-31(33)37-26/h6-17,20-21,36H,4-5,18-19H2,1-3H3/b23-20-,26-21-,32-29-. The Morgan fingerprint density at radius 3 is 2.29 bits per heavy atom. The molecule has 0 atom stereocenters. The minimum Gasteiger partial charge on any atom is -0.497 e. The topological polar surface area (TPSA) is 62.1 Å². The molecule has 4 aliphatic heterocycles. The lowest BCUT2D eigenvalue weighted by molar-refractivity contribution is 0.415. The molecule has 4 aliphatic rings. The van der Waals surface area contributed by atoms with Crippen LogP contribution in [-0.2, 0) is 5.41 Å². The van der Waals surface area contributed by atoms with Crippen molar-refractivity contribution in [2.75, 3.05) is 7.11 Å². The summed E-state index contributed by atoms with van der Waals surface area (Å²) in [5.74, 6) is 0.819. The van der Waals surface area contributed by atoms with E-state index in [0.717, 1.165) is 82.5 Å². The van der Waals surface area contributed by atoms with Gasteiger partial charge in [-0.25, -0.2) is 9.98 Å². The van der Waals surface area contributed by atoms with Gasteiger partial charge in [0, 0.05) is 17.0 Å². The number of allylic oxidation sites excluding steroid dienone is 8. The maximum Gasteiger partial charge on any atom is 0.118 e. The van der Waals surface area contributed by atoms with E-state index in [1.54, 1.807) is 7.11 Å². The lowest BCUT2D eigenvalue weighted by atomic mass is 9.72. The summed E-state index contributed by atoms with van der Waals surface area (Å²) >= 11 is 0. The lowest BCUT2D eigenvalue weighted by Gasteiger charge is -2.32. The molecule has 0 amide bonds. The largest absolute Gasteiger partial charge is 0.497 e. The van der Waals surface area contributed by atoms with Gasteiger partial charge in [-0.05, 0) is 91.3 Å². The summed E-state index contributed by atoms with van der Waals surface area (Å²) in [6.45, 7) is 4.51. The molecule has 38 heavy (non-hydrogen) atoms. The Kier molecular flexibility index (Phi) is 6.28. The first kappa shape index (κ1) is 24.1. The lowest BCUT2D eigenvalue weighted by Crippen LogP contribution is -2.34. The summed E-state index contributed by atoms with van der Waals surface area (Å²) in [7, 11) is 1.68. The van der Waals surface area contributed by atoms with Crippen molar-refractivity contribution < 1.29 is 4.74 Å². The third kappa shape index (κ3) is 4.28. The van der Waals surface area contributed by atoms with Crippen LogP contribution in [0.1, 0.15) is 56.5 Å². The number of benzene rings is 1. The van der Waals surface area contributed by atoms with Crippen LogP contribution in [0.3, 0.4) is 0 Å². The van der Waals surface area contributed by atoms with Gasteiger partial charge in [-0.1, -0.05) is 38.8 Å². The predicted molar refractivity (Wildman–Crippen MR) is 158 cm³/mol. The number of aromatic amines is 1. The maximum absolute atomic E-state index is 5.38. The highest BCUT2D eigenvalue weighted by Gasteiger charge is 2.37. The molecule has 0 saturated carbocycles. The fraction of sp³-hybridized carbons (Fsp3) is 0.242. The van der Waals surface area contributed by atoms with Crippen molar-refractivity contribution in [3.8, 4) is 5.75 Å². The Labute approximate surface area is 224 Å². The Morgan fingerprint density at radius 2 is 1.53 bits per heavy atom. The highest BCUT2D eigenvalue weighted by molar-refractivity contribution is 6.32. The van der Waals surface area contributed by atoms with Gasteiger partial charge in [0.1, 0.15) is 5.75 Å². The van der Waals surface area contributed by atoms with Crippen LogP contribution in [-0.4, -0.2) is 29.2 Å². The Morgan fingerprint density at radius 1 is 0.763 bits per heavy atom. The molecule has 0 saturated heterocycles. The highest BCUT2D eigenvalue weighted by atomic mass is 16.5. The summed E-state index contributed by atoms with van der Waals surface area (Å²) < 4.78 is 5.38. The summed E-state index contributed by atoms with van der Waals surface area (Å²) in [6.07, 6.45) is 21.0. The van der Waals surface area contributed by atoms with Gasteiger partial charge in [0.25, 0.3) is 0 Å². The predicted octanol–water partition coefficient (Wildman–Crippen LogP) is 7.54. The second kappa shape index (κ2) is 9.90. The number of ether oxygens (including phenoxy) is 1. The van der Waals surface area contributed by atoms with E-state index in [4.69, 9.17) is 19.7 Å². The van der Waals surface area contributed by atoms with Gasteiger partial charge < -0.3 is 9.72 Å². The molecule has 0 aliphatic carbocycles. The number of nitrogens with zero attached hydrogens (tertiary/aromatic N) is 3. The van der Waals surface area contributed by atoms with Gasteiger partial charge in [-0.15, -0.1) is 0 Å². The van der Waals surface area contributed by atoms with Crippen molar-refractivity contribution in [2.45, 2.75) is 44.9 Å². The summed E-state index contributed by atoms with van der Waals surface area (Å²) in [5.41, 5.74) is 9.79. The zero-order valence-electron chi connectivity index (χ0n) is 22.2. The SMILES string of the molecule is CCCC1(CCC)C2=N/C(=C\C3=NC(=C(/c4ccc(OC)cc4)C4=N/C(=C\c5ccc1[nH]5)C=C4)/C=C3)C=C2. The number of H-pyrrole nitrogens is 1. The van der Waals surface area contributed by atoms with Crippen LogP contribution in [0.4, 0.5) is 0 Å². The molecule has 5 heterocycles. The molecule has 5 heteroatoms. The Hall–Kier alpha value is -4.25. The van der Waals surface area contributed by atoms with Gasteiger partial charge in [0.2, 0.25) is 0 Å². The molecular formula is C33H32N4O. The van der Waals surface area contributed by atoms with Crippen LogP contribution >= 0.6 is 0 Å². The van der Waals surface area contributed by atoms with Crippen LogP contribution in [0.5, 0.6) is 5.75 Å². The molecule has 2 aromatic rings. The molecule has 0 radical (unpaired) electrons. The molecule has 6 rings (SSSR count). The number of fused-ring (bicyclic) bond motifs is 5. The van der Waals surface area contributed by atoms with E-state index in [-0.39, 0.29) is 5.41 Å². The normalized spacial score (nSPS) is 23.5. The van der Waals surface area contributed by atoms with Crippen LogP contribution in [0.25, 0.3) is 11.6 Å². The molecule has 0 fully saturated rings. The molecular weight excluding hydrogens is 468 g/mol. The number of aliphatic imine (C=N–C) groups is 3. The van der Waals surface area contributed by atoms with Crippen LogP contribution in [0, 0.1) is 0 Å². The van der Waals surface area contributed by atoms with E-state index >= 15 is 0 Å². The average Bonchev–Trinajstić information content (AvgIpc) is 3.74. The number of rotatable bonds is 6. The van der Waals surface area contributed by atoms with Gasteiger partial charge >= 0.3 is 0 Å². The molecule has 5 nitrogen and oxygen atoms in total. The van der Waals surface area contributed by atoms with Gasteiger partial charge in [0.15, 0.2) is 0 Å². The van der Waals surface area contributed by atoms with E-state index < -0.39 is 0 Å². The highest BCUT2D eigenvalue weighted by Crippen LogP contribution is 2.39. The second-order valence-corrected chi connectivity index (χ2v) is 10.1. The first-order valence-corrected chi connectivity index (χ1v) is 13.4. The summed E-state index contributed by atoms with van der Waals surface area (Å²) in [4.78, 5) is 18.9. The van der Waals surface area contributed by atoms with Crippen molar-refractivity contribution in [3.05, 3.63) is 113 Å². The van der Waals surface area contributed by atoms with Crippen LogP contribution < -0.4 is 4.74 Å². The van der Waals surface area contributed by atoms with Crippen molar-refractivity contribution >= 4 is 28.8 Å². The second-order valence-electron chi connectivity index (χ2n) is 10.1. The first-order chi connectivity index (χ1) is 18.6. The molecule has 1 aromatic heterocycles. The average molecular weight is 501 g/mol. The minimum atomic E-state index is -0.150. The fourth-order valence-electron chi connectivity index (χ4n) is 5.83. The monoisotopic (exact) mass is 500 g/mol. The number of nitrogens with one attached hydrogen (secondary N) is 1. The Bertz CT molecular complexity index is 1540. The van der Waals surface area contributed by atoms with Gasteiger partial charge in [-0.2, -0.15) is 0 Å². The summed E-state index contributed by atoms with van der Waals surface area (Å²) in [5, 5.41) is 0. The zero-order chi connectivity index (χ0) is 26.1. The number of aromatic nitrogens is 1.